The number of hydrogen-bond donors (Lipinski definition) is 1. The van der Waals surface area contributed by atoms with Crippen molar-refractivity contribution < 1.29 is 26.7 Å². The normalized spacial score (nSPS) is 23.7. The van der Waals surface area contributed by atoms with Gasteiger partial charge in [-0.05, 0) is 97.2 Å². The number of nitrogens with one attached hydrogen (secondary N) is 1. The van der Waals surface area contributed by atoms with Gasteiger partial charge >= 0.3 is 6.18 Å². The number of benzene rings is 2. The molecule has 0 saturated heterocycles. The van der Waals surface area contributed by atoms with Gasteiger partial charge in [0.2, 0.25) is 5.91 Å². The summed E-state index contributed by atoms with van der Waals surface area (Å²) in [5.74, 6) is -1.63. The molecule has 7 heteroatoms. The number of rotatable bonds is 3. The third-order valence-corrected chi connectivity index (χ3v) is 7.49. The van der Waals surface area contributed by atoms with Crippen LogP contribution >= 0.6 is 0 Å². The molecular weight excluding hydrogens is 437 g/mol. The lowest BCUT2D eigenvalue weighted by Crippen LogP contribution is -2.23. The van der Waals surface area contributed by atoms with Crippen molar-refractivity contribution in [3.63, 3.8) is 0 Å². The van der Waals surface area contributed by atoms with Gasteiger partial charge in [-0.15, -0.1) is 0 Å². The Hall–Kier alpha value is -2.70. The predicted octanol–water partition coefficient (Wildman–Crippen LogP) is 7.56. The van der Waals surface area contributed by atoms with Gasteiger partial charge in [-0.1, -0.05) is 12.5 Å². The number of carbonyl (C=O) groups is 1. The molecule has 1 N–H and O–H groups in total. The van der Waals surface area contributed by atoms with Crippen LogP contribution in [-0.2, 0) is 11.0 Å². The van der Waals surface area contributed by atoms with Crippen LogP contribution < -0.4 is 5.32 Å². The molecule has 2 aromatic carbocycles. The Morgan fingerprint density at radius 1 is 0.970 bits per heavy atom. The lowest BCUT2D eigenvalue weighted by atomic mass is 9.68. The Bertz CT molecular complexity index is 1110. The van der Waals surface area contributed by atoms with Crippen molar-refractivity contribution in [1.82, 2.24) is 0 Å². The highest BCUT2D eigenvalue weighted by molar-refractivity contribution is 6.04. The van der Waals surface area contributed by atoms with E-state index in [-0.39, 0.29) is 23.1 Å². The van der Waals surface area contributed by atoms with Crippen LogP contribution in [-0.4, -0.2) is 5.91 Å². The van der Waals surface area contributed by atoms with Gasteiger partial charge in [0.25, 0.3) is 0 Å². The number of fused-ring (bicyclic) bond motifs is 3. The number of hydrogen-bond acceptors (Lipinski definition) is 1. The van der Waals surface area contributed by atoms with E-state index in [2.05, 4.69) is 5.32 Å². The van der Waals surface area contributed by atoms with E-state index in [9.17, 15) is 26.7 Å². The summed E-state index contributed by atoms with van der Waals surface area (Å²) in [6.07, 6.45) is 2.54. The van der Waals surface area contributed by atoms with Crippen molar-refractivity contribution >= 4 is 17.2 Å². The summed E-state index contributed by atoms with van der Waals surface area (Å²) < 4.78 is 68.8. The number of anilines is 1. The zero-order valence-corrected chi connectivity index (χ0v) is 17.9. The topological polar surface area (TPSA) is 29.1 Å². The first kappa shape index (κ1) is 22.1. The first-order valence-corrected chi connectivity index (χ1v) is 11.4. The minimum atomic E-state index is -4.43. The summed E-state index contributed by atoms with van der Waals surface area (Å²) in [4.78, 5) is 12.7. The van der Waals surface area contributed by atoms with E-state index in [1.165, 1.54) is 18.2 Å². The molecule has 2 aromatic rings. The van der Waals surface area contributed by atoms with E-state index in [1.54, 1.807) is 0 Å². The van der Waals surface area contributed by atoms with Crippen molar-refractivity contribution in [2.24, 2.45) is 5.92 Å². The lowest BCUT2D eigenvalue weighted by molar-refractivity contribution is -0.137. The van der Waals surface area contributed by atoms with Crippen LogP contribution in [0.15, 0.2) is 36.4 Å². The smallest absolute Gasteiger partial charge is 0.322 e. The number of halogens is 5. The quantitative estimate of drug-likeness (QED) is 0.371. The molecular formula is C26H24F5NO. The molecule has 0 aliphatic heterocycles. The Labute approximate surface area is 188 Å². The number of alkyl halides is 3. The Balaban J connectivity index is 1.42. The summed E-state index contributed by atoms with van der Waals surface area (Å²) in [5, 5.41) is 2.52. The highest BCUT2D eigenvalue weighted by Gasteiger charge is 2.38. The second kappa shape index (κ2) is 8.26. The molecule has 0 aromatic heterocycles. The van der Waals surface area contributed by atoms with Crippen LogP contribution in [0.2, 0.25) is 0 Å². The summed E-state index contributed by atoms with van der Waals surface area (Å²) in [7, 11) is 0. The standard InChI is InChI=1S/C26H24F5NO/c27-22-12-18(13-23(28)25(22)15-2-1-3-15)32-24(33)10-16-5-4-14-6-8-19(14)21-11-17(26(29,30)31)7-9-20(16)21/h7,9-15,19H,1-6,8H2,(H,32,33)/b16-10+. The molecule has 0 spiro atoms. The molecule has 2 unspecified atom stereocenters. The van der Waals surface area contributed by atoms with Crippen molar-refractivity contribution in [1.29, 1.82) is 0 Å². The van der Waals surface area contributed by atoms with Crippen LogP contribution in [0.25, 0.3) is 5.57 Å². The molecule has 5 rings (SSSR count). The molecule has 2 saturated carbocycles. The van der Waals surface area contributed by atoms with Crippen LogP contribution in [0, 0.1) is 17.6 Å². The summed E-state index contributed by atoms with van der Waals surface area (Å²) in [6, 6.07) is 5.97. The third kappa shape index (κ3) is 4.18. The van der Waals surface area contributed by atoms with Crippen LogP contribution in [0.4, 0.5) is 27.6 Å². The minimum Gasteiger partial charge on any atom is -0.322 e. The van der Waals surface area contributed by atoms with Crippen molar-refractivity contribution in [3.8, 4) is 0 Å². The second-order valence-corrected chi connectivity index (χ2v) is 9.42. The van der Waals surface area contributed by atoms with Crippen molar-refractivity contribution in [2.45, 2.75) is 63.0 Å². The molecule has 0 heterocycles. The average Bonchev–Trinajstić information content (AvgIpc) is 2.76. The average molecular weight is 461 g/mol. The van der Waals surface area contributed by atoms with Gasteiger partial charge in [0.15, 0.2) is 0 Å². The van der Waals surface area contributed by atoms with Crippen LogP contribution in [0.5, 0.6) is 0 Å². The molecule has 1 amide bonds. The first-order valence-electron chi connectivity index (χ1n) is 11.4. The van der Waals surface area contributed by atoms with Crippen molar-refractivity contribution in [3.05, 3.63) is 70.3 Å². The Morgan fingerprint density at radius 3 is 2.27 bits per heavy atom. The molecule has 0 bridgehead atoms. The first-order chi connectivity index (χ1) is 15.7. The molecule has 174 valence electrons. The number of carbonyl (C=O) groups excluding carboxylic acids is 1. The fraction of sp³-hybridized carbons (Fsp3) is 0.423. The van der Waals surface area contributed by atoms with E-state index in [0.29, 0.717) is 29.0 Å². The van der Waals surface area contributed by atoms with E-state index in [0.717, 1.165) is 56.7 Å². The van der Waals surface area contributed by atoms with E-state index in [1.807, 2.05) is 0 Å². The molecule has 33 heavy (non-hydrogen) atoms. The molecule has 3 aliphatic carbocycles. The van der Waals surface area contributed by atoms with Gasteiger partial charge in [0, 0.05) is 17.3 Å². The van der Waals surface area contributed by atoms with E-state index in [4.69, 9.17) is 0 Å². The predicted molar refractivity (Wildman–Crippen MR) is 116 cm³/mol. The fourth-order valence-corrected chi connectivity index (χ4v) is 5.37. The van der Waals surface area contributed by atoms with Gasteiger partial charge in [-0.2, -0.15) is 13.2 Å². The molecule has 2 fully saturated rings. The minimum absolute atomic E-state index is 0.0243. The zero-order valence-electron chi connectivity index (χ0n) is 17.9. The highest BCUT2D eigenvalue weighted by Crippen LogP contribution is 2.51. The Kier molecular flexibility index (Phi) is 5.53. The molecule has 3 aliphatic rings. The number of allylic oxidation sites excluding steroid dienone is 1. The monoisotopic (exact) mass is 461 g/mol. The lowest BCUT2D eigenvalue weighted by Gasteiger charge is -2.36. The summed E-state index contributed by atoms with van der Waals surface area (Å²) in [6.45, 7) is 0. The Morgan fingerprint density at radius 2 is 1.70 bits per heavy atom. The van der Waals surface area contributed by atoms with Crippen LogP contribution in [0.3, 0.4) is 0 Å². The highest BCUT2D eigenvalue weighted by atomic mass is 19.4. The summed E-state index contributed by atoms with van der Waals surface area (Å²) >= 11 is 0. The van der Waals surface area contributed by atoms with Gasteiger partial charge in [-0.3, -0.25) is 4.79 Å². The second-order valence-electron chi connectivity index (χ2n) is 9.42. The fourth-order valence-electron chi connectivity index (χ4n) is 5.37. The molecule has 2 atom stereocenters. The van der Waals surface area contributed by atoms with Gasteiger partial charge < -0.3 is 5.32 Å². The number of amides is 1. The van der Waals surface area contributed by atoms with Crippen LogP contribution in [0.1, 0.15) is 79.0 Å². The van der Waals surface area contributed by atoms with E-state index < -0.39 is 29.3 Å². The zero-order chi connectivity index (χ0) is 23.3. The largest absolute Gasteiger partial charge is 0.416 e. The SMILES string of the molecule is O=C(/C=C1\CCC2CCC2c2cc(C(F)(F)F)ccc21)Nc1cc(F)c(C2CCC2)c(F)c1. The third-order valence-electron chi connectivity index (χ3n) is 7.49. The molecule has 0 radical (unpaired) electrons. The van der Waals surface area contributed by atoms with Gasteiger partial charge in [0.1, 0.15) is 11.6 Å². The maximum atomic E-state index is 14.5. The maximum Gasteiger partial charge on any atom is 0.416 e. The van der Waals surface area contributed by atoms with Gasteiger partial charge in [0.05, 0.1) is 5.56 Å². The van der Waals surface area contributed by atoms with Crippen molar-refractivity contribution in [2.75, 3.05) is 5.32 Å². The summed E-state index contributed by atoms with van der Waals surface area (Å²) in [5.41, 5.74) is 1.36. The molecule has 2 nitrogen and oxygen atoms in total. The van der Waals surface area contributed by atoms with E-state index >= 15 is 0 Å². The van der Waals surface area contributed by atoms with Gasteiger partial charge in [-0.25, -0.2) is 8.78 Å². The maximum absolute atomic E-state index is 14.5.